The van der Waals surface area contributed by atoms with Gasteiger partial charge in [-0.25, -0.2) is 0 Å². The van der Waals surface area contributed by atoms with Gasteiger partial charge in [-0.3, -0.25) is 0 Å². The molecule has 1 aliphatic rings. The van der Waals surface area contributed by atoms with Gasteiger partial charge in [0.25, 0.3) is 0 Å². The first-order valence-electron chi connectivity index (χ1n) is 7.68. The Morgan fingerprint density at radius 2 is 0.818 bits per heavy atom. The van der Waals surface area contributed by atoms with E-state index in [0.717, 1.165) is 13.1 Å². The Balaban J connectivity index is 1.79. The van der Waals surface area contributed by atoms with Crippen molar-refractivity contribution >= 4 is 22.7 Å². The van der Waals surface area contributed by atoms with Crippen LogP contribution in [0.4, 0.5) is 22.7 Å². The van der Waals surface area contributed by atoms with E-state index in [1.54, 1.807) is 0 Å². The van der Waals surface area contributed by atoms with Crippen molar-refractivity contribution in [2.24, 2.45) is 0 Å². The Morgan fingerprint density at radius 1 is 0.455 bits per heavy atom. The second-order valence-corrected chi connectivity index (χ2v) is 5.46. The van der Waals surface area contributed by atoms with E-state index in [9.17, 15) is 0 Å². The normalized spacial score (nSPS) is 13.8. The third-order valence-electron chi connectivity index (χ3n) is 4.15. The van der Waals surface area contributed by atoms with Crippen LogP contribution in [0.25, 0.3) is 0 Å². The number of nitrogens with zero attached hydrogens (tertiary/aromatic N) is 2. The molecule has 0 radical (unpaired) electrons. The summed E-state index contributed by atoms with van der Waals surface area (Å²) in [7, 11) is 0. The standard InChI is InChI=1S/C20H18N2/c1-3-9-17(10-4-1)21-15-16-22(18-11-5-2-6-12-18)20-14-8-7-13-19(20)21/h1-14H,15-16H2. The summed E-state index contributed by atoms with van der Waals surface area (Å²) in [4.78, 5) is 4.80. The van der Waals surface area contributed by atoms with Gasteiger partial charge in [-0.1, -0.05) is 48.5 Å². The molecule has 0 aromatic heterocycles. The van der Waals surface area contributed by atoms with Gasteiger partial charge in [0.2, 0.25) is 0 Å². The van der Waals surface area contributed by atoms with Crippen LogP contribution in [-0.2, 0) is 0 Å². The fourth-order valence-corrected chi connectivity index (χ4v) is 3.11. The fraction of sp³-hybridized carbons (Fsp3) is 0.100. The maximum Gasteiger partial charge on any atom is 0.0652 e. The molecule has 0 saturated carbocycles. The molecule has 4 rings (SSSR count). The number of anilines is 4. The second kappa shape index (κ2) is 5.57. The zero-order valence-electron chi connectivity index (χ0n) is 12.4. The number of hydrogen-bond acceptors (Lipinski definition) is 2. The van der Waals surface area contributed by atoms with Crippen molar-refractivity contribution in [2.75, 3.05) is 22.9 Å². The van der Waals surface area contributed by atoms with E-state index >= 15 is 0 Å². The molecular formula is C20H18N2. The Morgan fingerprint density at radius 3 is 1.23 bits per heavy atom. The van der Waals surface area contributed by atoms with Crippen LogP contribution < -0.4 is 9.80 Å². The molecule has 0 spiro atoms. The molecule has 1 heterocycles. The van der Waals surface area contributed by atoms with E-state index in [0.29, 0.717) is 0 Å². The summed E-state index contributed by atoms with van der Waals surface area (Å²) in [5, 5.41) is 0. The van der Waals surface area contributed by atoms with Gasteiger partial charge in [0.15, 0.2) is 0 Å². The van der Waals surface area contributed by atoms with Gasteiger partial charge in [-0.15, -0.1) is 0 Å². The van der Waals surface area contributed by atoms with E-state index < -0.39 is 0 Å². The van der Waals surface area contributed by atoms with Gasteiger partial charge < -0.3 is 9.80 Å². The van der Waals surface area contributed by atoms with Gasteiger partial charge in [0.1, 0.15) is 0 Å². The quantitative estimate of drug-likeness (QED) is 0.656. The molecule has 1 aliphatic heterocycles. The van der Waals surface area contributed by atoms with E-state index in [1.165, 1.54) is 22.7 Å². The summed E-state index contributed by atoms with van der Waals surface area (Å²) in [6.45, 7) is 1.96. The second-order valence-electron chi connectivity index (χ2n) is 5.46. The molecule has 0 saturated heterocycles. The van der Waals surface area contributed by atoms with Gasteiger partial charge in [0, 0.05) is 24.5 Å². The molecule has 0 fully saturated rings. The minimum atomic E-state index is 0.982. The third-order valence-corrected chi connectivity index (χ3v) is 4.15. The number of para-hydroxylation sites is 4. The largest absolute Gasteiger partial charge is 0.338 e. The Hall–Kier alpha value is -2.74. The van der Waals surface area contributed by atoms with Crippen molar-refractivity contribution in [1.82, 2.24) is 0 Å². The first-order chi connectivity index (χ1) is 10.9. The zero-order chi connectivity index (χ0) is 14.8. The van der Waals surface area contributed by atoms with Crippen LogP contribution in [0.1, 0.15) is 0 Å². The average Bonchev–Trinajstić information content (AvgIpc) is 2.62. The molecule has 0 aliphatic carbocycles. The summed E-state index contributed by atoms with van der Waals surface area (Å²) in [5.41, 5.74) is 5.04. The SMILES string of the molecule is c1ccc(N2CCN(c3ccccc3)c3ccccc32)cc1. The van der Waals surface area contributed by atoms with Crippen LogP contribution in [0, 0.1) is 0 Å². The summed E-state index contributed by atoms with van der Waals surface area (Å²) < 4.78 is 0. The van der Waals surface area contributed by atoms with Gasteiger partial charge >= 0.3 is 0 Å². The van der Waals surface area contributed by atoms with Crippen LogP contribution in [-0.4, -0.2) is 13.1 Å². The van der Waals surface area contributed by atoms with Crippen LogP contribution in [0.5, 0.6) is 0 Å². The highest BCUT2D eigenvalue weighted by Gasteiger charge is 2.23. The van der Waals surface area contributed by atoms with Gasteiger partial charge in [0.05, 0.1) is 11.4 Å². The summed E-state index contributed by atoms with van der Waals surface area (Å²) >= 11 is 0. The van der Waals surface area contributed by atoms with E-state index in [2.05, 4.69) is 94.7 Å². The van der Waals surface area contributed by atoms with Crippen LogP contribution in [0.15, 0.2) is 84.9 Å². The lowest BCUT2D eigenvalue weighted by molar-refractivity contribution is 0.850. The van der Waals surface area contributed by atoms with Crippen LogP contribution in [0.3, 0.4) is 0 Å². The Kier molecular flexibility index (Phi) is 3.28. The van der Waals surface area contributed by atoms with Crippen LogP contribution >= 0.6 is 0 Å². The Bertz CT molecular complexity index is 686. The highest BCUT2D eigenvalue weighted by Crippen LogP contribution is 2.40. The molecule has 2 nitrogen and oxygen atoms in total. The highest BCUT2D eigenvalue weighted by atomic mass is 15.3. The monoisotopic (exact) mass is 286 g/mol. The van der Waals surface area contributed by atoms with E-state index in [-0.39, 0.29) is 0 Å². The predicted octanol–water partition coefficient (Wildman–Crippen LogP) is 4.98. The molecular weight excluding hydrogens is 268 g/mol. The molecule has 0 N–H and O–H groups in total. The third kappa shape index (κ3) is 2.23. The summed E-state index contributed by atoms with van der Waals surface area (Å²) in [6, 6.07) is 29.9. The molecule has 0 atom stereocenters. The fourth-order valence-electron chi connectivity index (χ4n) is 3.11. The predicted molar refractivity (Wildman–Crippen MR) is 93.3 cm³/mol. The molecule has 108 valence electrons. The maximum absolute atomic E-state index is 2.40. The lowest BCUT2D eigenvalue weighted by Crippen LogP contribution is -2.36. The topological polar surface area (TPSA) is 6.48 Å². The molecule has 0 unspecified atom stereocenters. The lowest BCUT2D eigenvalue weighted by atomic mass is 10.1. The lowest BCUT2D eigenvalue weighted by Gasteiger charge is -2.39. The van der Waals surface area contributed by atoms with Crippen molar-refractivity contribution < 1.29 is 0 Å². The molecule has 0 bridgehead atoms. The molecule has 22 heavy (non-hydrogen) atoms. The summed E-state index contributed by atoms with van der Waals surface area (Å²) in [6.07, 6.45) is 0. The number of hydrogen-bond donors (Lipinski definition) is 0. The molecule has 0 amide bonds. The van der Waals surface area contributed by atoms with E-state index in [4.69, 9.17) is 0 Å². The number of rotatable bonds is 2. The van der Waals surface area contributed by atoms with Crippen LogP contribution in [0.2, 0.25) is 0 Å². The number of fused-ring (bicyclic) bond motifs is 1. The maximum atomic E-state index is 2.40. The van der Waals surface area contributed by atoms with Gasteiger partial charge in [-0.05, 0) is 36.4 Å². The molecule has 3 aromatic carbocycles. The van der Waals surface area contributed by atoms with Crippen molar-refractivity contribution in [3.05, 3.63) is 84.9 Å². The smallest absolute Gasteiger partial charge is 0.0652 e. The van der Waals surface area contributed by atoms with Crippen molar-refractivity contribution in [3.8, 4) is 0 Å². The average molecular weight is 286 g/mol. The number of benzene rings is 3. The minimum Gasteiger partial charge on any atom is -0.338 e. The minimum absolute atomic E-state index is 0.982. The highest BCUT2D eigenvalue weighted by molar-refractivity contribution is 5.83. The first-order valence-corrected chi connectivity index (χ1v) is 7.68. The summed E-state index contributed by atoms with van der Waals surface area (Å²) in [5.74, 6) is 0. The van der Waals surface area contributed by atoms with Gasteiger partial charge in [-0.2, -0.15) is 0 Å². The first kappa shape index (κ1) is 13.0. The van der Waals surface area contributed by atoms with Crippen molar-refractivity contribution in [3.63, 3.8) is 0 Å². The van der Waals surface area contributed by atoms with E-state index in [1.807, 2.05) is 0 Å². The Labute approximate surface area is 131 Å². The van der Waals surface area contributed by atoms with Crippen molar-refractivity contribution in [1.29, 1.82) is 0 Å². The molecule has 2 heteroatoms. The van der Waals surface area contributed by atoms with Crippen molar-refractivity contribution in [2.45, 2.75) is 0 Å². The molecule has 3 aromatic rings. The zero-order valence-corrected chi connectivity index (χ0v) is 12.4.